The summed E-state index contributed by atoms with van der Waals surface area (Å²) in [6.45, 7) is 73.9. The molecular formula is C113H197N5O22S4. The van der Waals surface area contributed by atoms with Crippen molar-refractivity contribution < 1.29 is 104 Å². The molecule has 0 radical (unpaired) electrons. The largest absolute Gasteiger partial charge is 0.381 e. The van der Waals surface area contributed by atoms with Crippen molar-refractivity contribution in [3.05, 3.63) is 29.8 Å². The van der Waals surface area contributed by atoms with Crippen LogP contribution in [0, 0.1) is 118 Å². The number of carbonyl (C=O) groups is 18. The summed E-state index contributed by atoms with van der Waals surface area (Å²) < 4.78 is 33.2. The van der Waals surface area contributed by atoms with Crippen LogP contribution in [0.25, 0.3) is 0 Å². The lowest BCUT2D eigenvalue weighted by atomic mass is 9.77. The third kappa shape index (κ3) is 64.6. The minimum absolute atomic E-state index is 0.000602. The Bertz CT molecular complexity index is 4170. The van der Waals surface area contributed by atoms with Crippen molar-refractivity contribution in [1.29, 1.82) is 0 Å². The molecule has 0 aromatic heterocycles. The molecule has 3 heterocycles. The maximum Gasteiger partial charge on any atom is 0.277 e. The van der Waals surface area contributed by atoms with Crippen LogP contribution >= 0.6 is 35.3 Å². The molecule has 27 nitrogen and oxygen atoms in total. The van der Waals surface area contributed by atoms with Crippen molar-refractivity contribution >= 4 is 156 Å². The molecule has 5 unspecified atom stereocenters. The molecule has 1 aromatic rings. The molecule has 0 spiro atoms. The van der Waals surface area contributed by atoms with Crippen LogP contribution in [0.5, 0.6) is 0 Å². The first-order valence-electron chi connectivity index (χ1n) is 53.2. The lowest BCUT2D eigenvalue weighted by molar-refractivity contribution is -0.144. The summed E-state index contributed by atoms with van der Waals surface area (Å²) in [6, 6.07) is 7.06. The second kappa shape index (κ2) is 76.7. The molecule has 1 aromatic carbocycles. The highest BCUT2D eigenvalue weighted by Gasteiger charge is 2.44. The highest BCUT2D eigenvalue weighted by Crippen LogP contribution is 2.36. The maximum atomic E-state index is 12.3. The van der Waals surface area contributed by atoms with Gasteiger partial charge in [0, 0.05) is 171 Å². The number of benzene rings is 1. The van der Waals surface area contributed by atoms with E-state index in [0.29, 0.717) is 137 Å². The molecule has 830 valence electrons. The van der Waals surface area contributed by atoms with Gasteiger partial charge in [-0.05, 0) is 144 Å². The molecule has 4 aliphatic rings. The Morgan fingerprint density at radius 2 is 0.812 bits per heavy atom. The topological polar surface area (TPSA) is 394 Å². The monoisotopic (exact) mass is 2100 g/mol. The van der Waals surface area contributed by atoms with Gasteiger partial charge < -0.3 is 15.4 Å². The first-order valence-corrected chi connectivity index (χ1v) is 57.7. The molecule has 1 saturated carbocycles. The Labute approximate surface area is 883 Å². The predicted molar refractivity (Wildman–Crippen MR) is 589 cm³/mol. The van der Waals surface area contributed by atoms with Crippen LogP contribution in [-0.2, 0) is 101 Å². The minimum Gasteiger partial charge on any atom is -0.381 e. The van der Waals surface area contributed by atoms with Crippen molar-refractivity contribution in [2.45, 2.75) is 398 Å². The van der Waals surface area contributed by atoms with E-state index in [2.05, 4.69) is 63.3 Å². The molecule has 2 N–H and O–H groups in total. The number of rotatable bonds is 53. The van der Waals surface area contributed by atoms with Crippen molar-refractivity contribution in [2.24, 2.45) is 118 Å². The third-order valence-electron chi connectivity index (χ3n) is 24.1. The van der Waals surface area contributed by atoms with Crippen LogP contribution in [-0.4, -0.2) is 212 Å². The van der Waals surface area contributed by atoms with Crippen LogP contribution in [0.1, 0.15) is 382 Å². The van der Waals surface area contributed by atoms with Crippen LogP contribution in [0.15, 0.2) is 24.3 Å². The first kappa shape index (κ1) is 143. The van der Waals surface area contributed by atoms with E-state index in [0.717, 1.165) is 86.1 Å². The molecule has 8 amide bonds. The number of thioether (sulfide) groups is 3. The van der Waals surface area contributed by atoms with Crippen LogP contribution in [0.4, 0.5) is 5.69 Å². The molecule has 4 fully saturated rings. The van der Waals surface area contributed by atoms with E-state index in [9.17, 15) is 94.7 Å². The van der Waals surface area contributed by atoms with Crippen molar-refractivity contribution in [3.63, 3.8) is 0 Å². The molecule has 31 heteroatoms. The van der Waals surface area contributed by atoms with Gasteiger partial charge in [-0.15, -0.1) is 0 Å². The van der Waals surface area contributed by atoms with Crippen molar-refractivity contribution in [1.82, 2.24) is 20.0 Å². The molecule has 0 bridgehead atoms. The standard InChI is InChI=1S/C18H29NO5.C18H29NO3.C15H21NO2.C12H19NO3.C11H22O4S2.C11H22OS.C10H19NO2.C10H20OS.C8H16O/c1-12(2)15-10-17(22)19(18(15)23)11-14(20)6-5-8-24-9-7-16(21)13(3)4;1-11(2)15-9-16(20)19(18(15)22)10-13-5-7-14(8-6-13)17(21)12(3)4;1-10(2)9-14(17)16-13-7-5-12(6-8-13)15(18)11(3)4;1-7(2)9-5-11(15)13(12(9)16)6-10(14)8(3)4;1-8(2)11(12)10(17(13,14)15-5)6-7-16-9(3)4;1-8(2)11(12)7-6-10(5)13-9(3)4;1-7(2)5-10(13)11-6-9(12)8(3)4;1-8(2)10(11)6-5-7-12-9(3)4;1-6(2)5-8(9)7(3)4/h12-13,15H,5-11H2,1-4H3;11-15H,5-10H2,1-4H3;5-8,10-11H,9H2,1-4H3,(H,16,17);7-9H,5-6H2,1-4H3;8-10H,6-7H2,1-5H3;8-10H,6-7H2,1-5H3;7-8H,5-6H2,1-4H3,(H,11,13);8-9H,5-7H2,1-4H3;6-7H,5H2,1-4H3. The SMILES string of the molecule is CC(C)C(=O)C1CCC(CN2C(=O)CC(C(C)C)C2=O)CC1.CC(C)C(=O)CCOCCCC(=O)CN1C(=O)CC(C(C)C)C1=O.CC(C)C(=O)CN1C(=O)CC(C(C)C)C1=O.CC(C)CC(=O)C(C)C.CC(C)CC(=O)NCC(=O)C(C)C.CC(C)CC(=O)Nc1ccc(C(=O)C(C)C)cc1.CC(C)SC(C)CCC(=O)C(C)C.CC(C)SCCCC(=O)C(C)C.COS(=O)(=O)C(CCSC(C)C)C(=O)C(C)C. The van der Waals surface area contributed by atoms with E-state index in [1.54, 1.807) is 63.7 Å². The second-order valence-corrected chi connectivity index (χ2v) is 51.6. The summed E-state index contributed by atoms with van der Waals surface area (Å²) in [4.78, 5) is 213. The van der Waals surface area contributed by atoms with Gasteiger partial charge in [0.25, 0.3) is 10.1 Å². The van der Waals surface area contributed by atoms with Crippen LogP contribution in [0.2, 0.25) is 0 Å². The van der Waals surface area contributed by atoms with Crippen molar-refractivity contribution in [3.8, 4) is 0 Å². The zero-order chi connectivity index (χ0) is 112. The number of carbonyl (C=O) groups excluding carboxylic acids is 18. The van der Waals surface area contributed by atoms with E-state index in [1.807, 2.05) is 204 Å². The average Bonchev–Trinajstić information content (AvgIpc) is 1.67. The van der Waals surface area contributed by atoms with E-state index in [-0.39, 0.29) is 216 Å². The van der Waals surface area contributed by atoms with Crippen LogP contribution < -0.4 is 10.6 Å². The van der Waals surface area contributed by atoms with Gasteiger partial charge in [0.15, 0.2) is 28.9 Å². The van der Waals surface area contributed by atoms with E-state index in [4.69, 9.17) is 4.74 Å². The summed E-state index contributed by atoms with van der Waals surface area (Å²) in [7, 11) is -2.66. The summed E-state index contributed by atoms with van der Waals surface area (Å²) in [5, 5.41) is 6.80. The number of ketones is 10. The molecule has 5 rings (SSSR count). The van der Waals surface area contributed by atoms with Gasteiger partial charge in [-0.1, -0.05) is 256 Å². The normalized spacial score (nSPS) is 16.8. The number of anilines is 1. The Morgan fingerprint density at radius 1 is 0.403 bits per heavy atom. The smallest absolute Gasteiger partial charge is 0.277 e. The summed E-state index contributed by atoms with van der Waals surface area (Å²) >= 11 is 5.53. The molecule has 5 atom stereocenters. The Kier molecular flexibility index (Phi) is 76.4. The lowest BCUT2D eigenvalue weighted by Gasteiger charge is -2.30. The van der Waals surface area contributed by atoms with E-state index >= 15 is 0 Å². The minimum atomic E-state index is -3.77. The average molecular weight is 2110 g/mol. The maximum absolute atomic E-state index is 12.3. The number of ether oxygens (including phenoxy) is 1. The highest BCUT2D eigenvalue weighted by molar-refractivity contribution is 8.00. The number of nitrogens with zero attached hydrogens (tertiary/aromatic N) is 3. The molecule has 3 saturated heterocycles. The van der Waals surface area contributed by atoms with Gasteiger partial charge in [-0.25, -0.2) is 0 Å². The highest BCUT2D eigenvalue weighted by atomic mass is 32.2. The summed E-state index contributed by atoms with van der Waals surface area (Å²) in [6.07, 6.45) is 11.4. The molecule has 1 aliphatic carbocycles. The molecule has 144 heavy (non-hydrogen) atoms. The fraction of sp³-hybridized carbons (Fsp3) is 0.788. The van der Waals surface area contributed by atoms with Gasteiger partial charge in [-0.3, -0.25) is 105 Å². The first-order chi connectivity index (χ1) is 66.4. The van der Waals surface area contributed by atoms with E-state index < -0.39 is 15.4 Å². The quantitative estimate of drug-likeness (QED) is 0.0265. The summed E-state index contributed by atoms with van der Waals surface area (Å²) in [5.74, 6) is 4.16. The van der Waals surface area contributed by atoms with Gasteiger partial charge >= 0.3 is 0 Å². The zero-order valence-corrected chi connectivity index (χ0v) is 99.4. The zero-order valence-electron chi connectivity index (χ0n) is 96.1. The van der Waals surface area contributed by atoms with Crippen LogP contribution in [0.3, 0.4) is 0 Å². The number of nitrogens with one attached hydrogen (secondary N) is 2. The fourth-order valence-corrected chi connectivity index (χ4v) is 18.7. The molecular weight excluding hydrogens is 1910 g/mol. The number of amides is 8. The number of hydrogen-bond donors (Lipinski definition) is 2. The lowest BCUT2D eigenvalue weighted by Crippen LogP contribution is -2.37. The molecule has 3 aliphatic heterocycles. The Hall–Kier alpha value is -6.80. The third-order valence-corrected chi connectivity index (χ3v) is 29.3. The number of imide groups is 3. The number of hydrogen-bond acceptors (Lipinski definition) is 25. The van der Waals surface area contributed by atoms with Gasteiger partial charge in [0.05, 0.1) is 33.4 Å². The van der Waals surface area contributed by atoms with Gasteiger partial charge in [-0.2, -0.15) is 43.7 Å². The van der Waals surface area contributed by atoms with Gasteiger partial charge in [0.2, 0.25) is 47.3 Å². The second-order valence-electron chi connectivity index (χ2n) is 44.3. The van der Waals surface area contributed by atoms with E-state index in [1.165, 1.54) is 4.90 Å². The van der Waals surface area contributed by atoms with Crippen molar-refractivity contribution in [2.75, 3.05) is 63.3 Å². The fourth-order valence-electron chi connectivity index (χ4n) is 14.6. The number of likely N-dealkylation sites (tertiary alicyclic amines) is 3. The predicted octanol–water partition coefficient (Wildman–Crippen LogP) is 22.2. The Morgan fingerprint density at radius 3 is 1.19 bits per heavy atom. The Balaban J connectivity index is -0.000000776. The number of Topliss-reactive ketones (excluding diaryl/α,β-unsaturated/α-hetero) is 10. The van der Waals surface area contributed by atoms with Gasteiger partial charge in [0.1, 0.15) is 34.2 Å². The summed E-state index contributed by atoms with van der Waals surface area (Å²) in [5.41, 5.74) is 1.42.